The van der Waals surface area contributed by atoms with E-state index in [0.717, 1.165) is 18.4 Å². The lowest BCUT2D eigenvalue weighted by Crippen LogP contribution is -2.24. The van der Waals surface area contributed by atoms with Gasteiger partial charge in [0.25, 0.3) is 0 Å². The van der Waals surface area contributed by atoms with Gasteiger partial charge in [0.05, 0.1) is 12.7 Å². The van der Waals surface area contributed by atoms with Crippen LogP contribution in [0.15, 0.2) is 18.2 Å². The van der Waals surface area contributed by atoms with Crippen LogP contribution < -0.4 is 10.5 Å². The summed E-state index contributed by atoms with van der Waals surface area (Å²) < 4.78 is 5.30. The lowest BCUT2D eigenvalue weighted by Gasteiger charge is -2.29. The molecule has 1 fully saturated rings. The zero-order valence-corrected chi connectivity index (χ0v) is 10.4. The third-order valence-corrected chi connectivity index (χ3v) is 3.75. The lowest BCUT2D eigenvalue weighted by atomic mass is 9.81. The summed E-state index contributed by atoms with van der Waals surface area (Å²) in [5.74, 6) is 1.41. The SMILES string of the molecule is COc1cccc(O)c1[C@@H](N)C1CCCCC1. The van der Waals surface area contributed by atoms with E-state index in [2.05, 4.69) is 0 Å². The summed E-state index contributed by atoms with van der Waals surface area (Å²) in [6.45, 7) is 0. The maximum atomic E-state index is 9.96. The van der Waals surface area contributed by atoms with Crippen LogP contribution in [-0.4, -0.2) is 12.2 Å². The number of hydrogen-bond donors (Lipinski definition) is 2. The van der Waals surface area contributed by atoms with Crippen molar-refractivity contribution in [3.8, 4) is 11.5 Å². The van der Waals surface area contributed by atoms with Gasteiger partial charge in [0.2, 0.25) is 0 Å². The predicted octanol–water partition coefficient (Wildman–Crippen LogP) is 2.98. The predicted molar refractivity (Wildman–Crippen MR) is 68.2 cm³/mol. The summed E-state index contributed by atoms with van der Waals surface area (Å²) in [7, 11) is 1.62. The molecule has 3 heteroatoms. The fourth-order valence-corrected chi connectivity index (χ4v) is 2.77. The minimum atomic E-state index is -0.119. The van der Waals surface area contributed by atoms with Crippen LogP contribution in [0.5, 0.6) is 11.5 Å². The molecule has 3 N–H and O–H groups in total. The molecule has 1 saturated carbocycles. The molecule has 0 heterocycles. The quantitative estimate of drug-likeness (QED) is 0.846. The summed E-state index contributed by atoms with van der Waals surface area (Å²) in [5, 5.41) is 9.96. The average Bonchev–Trinajstić information content (AvgIpc) is 2.38. The molecule has 0 unspecified atom stereocenters. The van der Waals surface area contributed by atoms with E-state index in [1.165, 1.54) is 19.3 Å². The molecule has 0 spiro atoms. The zero-order chi connectivity index (χ0) is 12.3. The van der Waals surface area contributed by atoms with Crippen molar-refractivity contribution in [2.45, 2.75) is 38.1 Å². The molecule has 0 aromatic heterocycles. The number of hydrogen-bond acceptors (Lipinski definition) is 3. The van der Waals surface area contributed by atoms with Crippen molar-refractivity contribution in [2.75, 3.05) is 7.11 Å². The minimum Gasteiger partial charge on any atom is -0.507 e. The van der Waals surface area contributed by atoms with Crippen molar-refractivity contribution >= 4 is 0 Å². The molecule has 17 heavy (non-hydrogen) atoms. The highest BCUT2D eigenvalue weighted by molar-refractivity contribution is 5.46. The molecular weight excluding hydrogens is 214 g/mol. The molecule has 94 valence electrons. The van der Waals surface area contributed by atoms with E-state index < -0.39 is 0 Å². The van der Waals surface area contributed by atoms with Gasteiger partial charge in [-0.3, -0.25) is 0 Å². The number of nitrogens with two attached hydrogens (primary N) is 1. The second-order valence-corrected chi connectivity index (χ2v) is 4.82. The summed E-state index contributed by atoms with van der Waals surface area (Å²) in [6, 6.07) is 5.20. The topological polar surface area (TPSA) is 55.5 Å². The second-order valence-electron chi connectivity index (χ2n) is 4.82. The summed E-state index contributed by atoms with van der Waals surface area (Å²) in [5.41, 5.74) is 7.07. The highest BCUT2D eigenvalue weighted by Crippen LogP contribution is 2.40. The van der Waals surface area contributed by atoms with Gasteiger partial charge in [0, 0.05) is 6.04 Å². The van der Waals surface area contributed by atoms with Gasteiger partial charge in [0.15, 0.2) is 0 Å². The summed E-state index contributed by atoms with van der Waals surface area (Å²) in [4.78, 5) is 0. The van der Waals surface area contributed by atoms with Crippen molar-refractivity contribution in [3.05, 3.63) is 23.8 Å². The number of rotatable bonds is 3. The maximum absolute atomic E-state index is 9.96. The van der Waals surface area contributed by atoms with Crippen molar-refractivity contribution in [1.82, 2.24) is 0 Å². The Morgan fingerprint density at radius 3 is 2.65 bits per heavy atom. The highest BCUT2D eigenvalue weighted by Gasteiger charge is 2.26. The van der Waals surface area contributed by atoms with Crippen LogP contribution in [0.4, 0.5) is 0 Å². The molecular formula is C14H21NO2. The summed E-state index contributed by atoms with van der Waals surface area (Å²) in [6.07, 6.45) is 6.10. The minimum absolute atomic E-state index is 0.119. The van der Waals surface area contributed by atoms with Crippen LogP contribution in [0.25, 0.3) is 0 Å². The van der Waals surface area contributed by atoms with Gasteiger partial charge in [-0.05, 0) is 30.9 Å². The molecule has 1 aliphatic rings. The Kier molecular flexibility index (Phi) is 3.89. The molecule has 1 atom stereocenters. The largest absolute Gasteiger partial charge is 0.507 e. The molecule has 3 nitrogen and oxygen atoms in total. The van der Waals surface area contributed by atoms with Crippen LogP contribution in [0, 0.1) is 5.92 Å². The Hall–Kier alpha value is -1.22. The lowest BCUT2D eigenvalue weighted by molar-refractivity contribution is 0.295. The van der Waals surface area contributed by atoms with Crippen molar-refractivity contribution < 1.29 is 9.84 Å². The Morgan fingerprint density at radius 1 is 1.29 bits per heavy atom. The second kappa shape index (κ2) is 5.41. The molecule has 1 aliphatic carbocycles. The Balaban J connectivity index is 2.25. The molecule has 0 radical (unpaired) electrons. The van der Waals surface area contributed by atoms with Gasteiger partial charge < -0.3 is 15.6 Å². The highest BCUT2D eigenvalue weighted by atomic mass is 16.5. The first-order chi connectivity index (χ1) is 8.24. The van der Waals surface area contributed by atoms with Crippen LogP contribution in [0.3, 0.4) is 0 Å². The molecule has 0 saturated heterocycles. The van der Waals surface area contributed by atoms with Gasteiger partial charge in [-0.15, -0.1) is 0 Å². The normalized spacial score (nSPS) is 18.9. The number of aromatic hydroxyl groups is 1. The van der Waals surface area contributed by atoms with Crippen molar-refractivity contribution in [2.24, 2.45) is 11.7 Å². The maximum Gasteiger partial charge on any atom is 0.127 e. The van der Waals surface area contributed by atoms with Crippen LogP contribution in [0.2, 0.25) is 0 Å². The van der Waals surface area contributed by atoms with Crippen LogP contribution in [0.1, 0.15) is 43.7 Å². The standard InChI is InChI=1S/C14H21NO2/c1-17-12-9-5-8-11(16)13(12)14(15)10-6-3-2-4-7-10/h5,8-10,14,16H,2-4,6-7,15H2,1H3/t14-/m0/s1. The number of ether oxygens (including phenoxy) is 1. The number of phenols is 1. The first-order valence-corrected chi connectivity index (χ1v) is 6.35. The van der Waals surface area contributed by atoms with E-state index in [-0.39, 0.29) is 11.8 Å². The monoisotopic (exact) mass is 235 g/mol. The average molecular weight is 235 g/mol. The van der Waals surface area contributed by atoms with Gasteiger partial charge in [-0.2, -0.15) is 0 Å². The summed E-state index contributed by atoms with van der Waals surface area (Å²) >= 11 is 0. The molecule has 0 bridgehead atoms. The number of methoxy groups -OCH3 is 1. The van der Waals surface area contributed by atoms with E-state index >= 15 is 0 Å². The third-order valence-electron chi connectivity index (χ3n) is 3.75. The number of phenolic OH excluding ortho intramolecular Hbond substituents is 1. The Bertz CT molecular complexity index is 372. The van der Waals surface area contributed by atoms with Crippen molar-refractivity contribution in [1.29, 1.82) is 0 Å². The molecule has 1 aromatic rings. The van der Waals surface area contributed by atoms with Gasteiger partial charge in [0.1, 0.15) is 11.5 Å². The first-order valence-electron chi connectivity index (χ1n) is 6.35. The van der Waals surface area contributed by atoms with E-state index in [1.54, 1.807) is 19.2 Å². The van der Waals surface area contributed by atoms with Crippen LogP contribution >= 0.6 is 0 Å². The van der Waals surface area contributed by atoms with Gasteiger partial charge >= 0.3 is 0 Å². The fourth-order valence-electron chi connectivity index (χ4n) is 2.77. The van der Waals surface area contributed by atoms with E-state index in [1.807, 2.05) is 6.07 Å². The third kappa shape index (κ3) is 2.55. The van der Waals surface area contributed by atoms with E-state index in [9.17, 15) is 5.11 Å². The van der Waals surface area contributed by atoms with E-state index in [0.29, 0.717) is 11.7 Å². The van der Waals surface area contributed by atoms with E-state index in [4.69, 9.17) is 10.5 Å². The van der Waals surface area contributed by atoms with Crippen molar-refractivity contribution in [3.63, 3.8) is 0 Å². The zero-order valence-electron chi connectivity index (χ0n) is 10.4. The molecule has 0 aliphatic heterocycles. The Labute approximate surface area is 103 Å². The first kappa shape index (κ1) is 12.2. The molecule has 1 aromatic carbocycles. The molecule has 0 amide bonds. The van der Waals surface area contributed by atoms with Crippen LogP contribution in [-0.2, 0) is 0 Å². The van der Waals surface area contributed by atoms with Gasteiger partial charge in [-0.1, -0.05) is 25.3 Å². The molecule has 2 rings (SSSR count). The number of benzene rings is 1. The van der Waals surface area contributed by atoms with Gasteiger partial charge in [-0.25, -0.2) is 0 Å². The smallest absolute Gasteiger partial charge is 0.127 e. The fraction of sp³-hybridized carbons (Fsp3) is 0.571. The Morgan fingerprint density at radius 2 is 2.00 bits per heavy atom.